The molecular weight excluding hydrogens is 338 g/mol. The number of fused-ring (bicyclic) bond motifs is 5. The van der Waals surface area contributed by atoms with Crippen molar-refractivity contribution in [2.24, 2.45) is 58.0 Å². The molecule has 0 spiro atoms. The summed E-state index contributed by atoms with van der Waals surface area (Å²) in [5.41, 5.74) is 7.64. The third kappa shape index (κ3) is 3.50. The van der Waals surface area contributed by atoms with E-state index in [-0.39, 0.29) is 0 Å². The molecule has 9 atom stereocenters. The predicted octanol–water partition coefficient (Wildman–Crippen LogP) is 7.44. The summed E-state index contributed by atoms with van der Waals surface area (Å²) in [6, 6.07) is 0.492. The minimum atomic E-state index is 0.492. The maximum absolute atomic E-state index is 6.39. The van der Waals surface area contributed by atoms with Crippen molar-refractivity contribution in [3.8, 4) is 0 Å². The van der Waals surface area contributed by atoms with Gasteiger partial charge < -0.3 is 5.73 Å². The summed E-state index contributed by atoms with van der Waals surface area (Å²) in [7, 11) is 0. The summed E-state index contributed by atoms with van der Waals surface area (Å²) in [6.07, 6.45) is 17.5. The number of hydrogen-bond acceptors (Lipinski definition) is 1. The molecule has 0 bridgehead atoms. The monoisotopic (exact) mass is 387 g/mol. The molecule has 0 amide bonds. The third-order valence-corrected chi connectivity index (χ3v) is 10.9. The fourth-order valence-electron chi connectivity index (χ4n) is 9.32. The number of rotatable bonds is 5. The second-order valence-corrected chi connectivity index (χ2v) is 12.7. The molecule has 0 aromatic rings. The molecule has 4 fully saturated rings. The Bertz CT molecular complexity index is 540. The molecule has 1 nitrogen and oxygen atoms in total. The Morgan fingerprint density at radius 1 is 0.821 bits per heavy atom. The molecule has 0 aromatic heterocycles. The van der Waals surface area contributed by atoms with Crippen molar-refractivity contribution in [2.45, 2.75) is 118 Å². The molecule has 4 aliphatic carbocycles. The highest BCUT2D eigenvalue weighted by Crippen LogP contribution is 2.68. The van der Waals surface area contributed by atoms with Gasteiger partial charge in [0.2, 0.25) is 0 Å². The smallest absolute Gasteiger partial charge is 0.00418 e. The quantitative estimate of drug-likeness (QED) is 0.521. The highest BCUT2D eigenvalue weighted by molar-refractivity contribution is 5.09. The molecular formula is C27H49N. The summed E-state index contributed by atoms with van der Waals surface area (Å²) in [5.74, 6) is 6.79. The first kappa shape index (κ1) is 21.2. The molecule has 0 heterocycles. The van der Waals surface area contributed by atoms with Gasteiger partial charge in [0.1, 0.15) is 0 Å². The zero-order valence-corrected chi connectivity index (χ0v) is 19.7. The first-order valence-corrected chi connectivity index (χ1v) is 13.0. The van der Waals surface area contributed by atoms with Crippen LogP contribution in [0.5, 0.6) is 0 Å². The molecule has 1 heteroatoms. The molecule has 6 unspecified atom stereocenters. The van der Waals surface area contributed by atoms with Gasteiger partial charge in [-0.25, -0.2) is 0 Å². The van der Waals surface area contributed by atoms with Crippen molar-refractivity contribution in [3.05, 3.63) is 0 Å². The van der Waals surface area contributed by atoms with Gasteiger partial charge in [0.15, 0.2) is 0 Å². The van der Waals surface area contributed by atoms with Gasteiger partial charge >= 0.3 is 0 Å². The van der Waals surface area contributed by atoms with Crippen LogP contribution in [0, 0.1) is 52.3 Å². The molecule has 4 aliphatic rings. The third-order valence-electron chi connectivity index (χ3n) is 10.9. The molecule has 2 N–H and O–H groups in total. The van der Waals surface area contributed by atoms with E-state index in [4.69, 9.17) is 5.73 Å². The van der Waals surface area contributed by atoms with E-state index < -0.39 is 0 Å². The molecule has 0 saturated heterocycles. The highest BCUT2D eigenvalue weighted by Gasteiger charge is 2.60. The van der Waals surface area contributed by atoms with Crippen LogP contribution in [0.4, 0.5) is 0 Å². The van der Waals surface area contributed by atoms with Crippen LogP contribution in [0.1, 0.15) is 112 Å². The van der Waals surface area contributed by atoms with E-state index in [9.17, 15) is 0 Å². The minimum absolute atomic E-state index is 0.492. The lowest BCUT2D eigenvalue weighted by Crippen LogP contribution is -2.54. The van der Waals surface area contributed by atoms with E-state index >= 15 is 0 Å². The Kier molecular flexibility index (Phi) is 5.98. The van der Waals surface area contributed by atoms with Gasteiger partial charge in [-0.1, -0.05) is 53.9 Å². The summed E-state index contributed by atoms with van der Waals surface area (Å²) in [4.78, 5) is 0. The van der Waals surface area contributed by atoms with Crippen molar-refractivity contribution in [2.75, 3.05) is 0 Å². The average Bonchev–Trinajstić information content (AvgIpc) is 2.99. The van der Waals surface area contributed by atoms with E-state index in [1.165, 1.54) is 77.0 Å². The molecule has 0 radical (unpaired) electrons. The van der Waals surface area contributed by atoms with Gasteiger partial charge in [-0.15, -0.1) is 0 Å². The zero-order valence-electron chi connectivity index (χ0n) is 19.7. The van der Waals surface area contributed by atoms with E-state index in [1.54, 1.807) is 0 Å². The molecule has 28 heavy (non-hydrogen) atoms. The van der Waals surface area contributed by atoms with Crippen LogP contribution in [-0.4, -0.2) is 6.04 Å². The lowest BCUT2D eigenvalue weighted by molar-refractivity contribution is -0.116. The van der Waals surface area contributed by atoms with Crippen LogP contribution in [0.3, 0.4) is 0 Å². The normalized spacial score (nSPS) is 49.4. The van der Waals surface area contributed by atoms with Crippen LogP contribution < -0.4 is 5.73 Å². The van der Waals surface area contributed by atoms with Crippen LogP contribution in [0.15, 0.2) is 0 Å². The Balaban J connectivity index is 1.46. The van der Waals surface area contributed by atoms with Crippen molar-refractivity contribution < 1.29 is 0 Å². The Labute approximate surface area is 176 Å². The van der Waals surface area contributed by atoms with E-state index in [2.05, 4.69) is 34.6 Å². The largest absolute Gasteiger partial charge is 0.328 e. The average molecular weight is 388 g/mol. The fourth-order valence-corrected chi connectivity index (χ4v) is 9.32. The lowest BCUT2D eigenvalue weighted by atomic mass is 9.44. The van der Waals surface area contributed by atoms with Crippen molar-refractivity contribution >= 4 is 0 Å². The first-order chi connectivity index (χ1) is 13.3. The summed E-state index contributed by atoms with van der Waals surface area (Å²) in [6.45, 7) is 12.8. The summed E-state index contributed by atoms with van der Waals surface area (Å²) >= 11 is 0. The fraction of sp³-hybridized carbons (Fsp3) is 1.00. The standard InChI is InChI=1S/C27H49N/c1-18(2)7-6-8-19(3)23-11-12-24-22-10-9-20-17-21(28)13-15-26(20,4)25(22)14-16-27(23,24)5/h18-25H,6-17,28H2,1-5H3/t19-,20?,21?,22?,23?,24?,25?,26+,27-/m1/s1. The minimum Gasteiger partial charge on any atom is -0.328 e. The number of hydrogen-bond donors (Lipinski definition) is 1. The van der Waals surface area contributed by atoms with E-state index in [1.807, 2.05) is 0 Å². The molecule has 4 rings (SSSR count). The number of nitrogens with two attached hydrogens (primary N) is 1. The predicted molar refractivity (Wildman–Crippen MR) is 121 cm³/mol. The van der Waals surface area contributed by atoms with Gasteiger partial charge in [0, 0.05) is 6.04 Å². The van der Waals surface area contributed by atoms with E-state index in [0.29, 0.717) is 16.9 Å². The Morgan fingerprint density at radius 3 is 2.29 bits per heavy atom. The van der Waals surface area contributed by atoms with Crippen molar-refractivity contribution in [1.29, 1.82) is 0 Å². The maximum atomic E-state index is 6.39. The van der Waals surface area contributed by atoms with Gasteiger partial charge in [-0.2, -0.15) is 0 Å². The lowest BCUT2D eigenvalue weighted by Gasteiger charge is -2.61. The van der Waals surface area contributed by atoms with Gasteiger partial charge in [-0.3, -0.25) is 0 Å². The van der Waals surface area contributed by atoms with Crippen molar-refractivity contribution in [1.82, 2.24) is 0 Å². The van der Waals surface area contributed by atoms with Gasteiger partial charge in [0.25, 0.3) is 0 Å². The SMILES string of the molecule is CC(C)CCC[C@@H](C)C1CCC2C3CCC4CC(N)CC[C@]4(C)C3CC[C@@]21C. The maximum Gasteiger partial charge on any atom is 0.00418 e. The summed E-state index contributed by atoms with van der Waals surface area (Å²) < 4.78 is 0. The summed E-state index contributed by atoms with van der Waals surface area (Å²) in [5, 5.41) is 0. The Morgan fingerprint density at radius 2 is 1.54 bits per heavy atom. The second-order valence-electron chi connectivity index (χ2n) is 12.7. The molecule has 4 saturated carbocycles. The Hall–Kier alpha value is -0.0400. The van der Waals surface area contributed by atoms with Crippen LogP contribution in [-0.2, 0) is 0 Å². The van der Waals surface area contributed by atoms with Gasteiger partial charge in [0.05, 0.1) is 0 Å². The van der Waals surface area contributed by atoms with Crippen LogP contribution >= 0.6 is 0 Å². The molecule has 0 aliphatic heterocycles. The second kappa shape index (κ2) is 7.90. The highest BCUT2D eigenvalue weighted by atomic mass is 14.7. The van der Waals surface area contributed by atoms with Crippen LogP contribution in [0.2, 0.25) is 0 Å². The molecule has 0 aromatic carbocycles. The van der Waals surface area contributed by atoms with E-state index in [0.717, 1.165) is 41.4 Å². The topological polar surface area (TPSA) is 26.0 Å². The van der Waals surface area contributed by atoms with Crippen LogP contribution in [0.25, 0.3) is 0 Å². The van der Waals surface area contributed by atoms with Gasteiger partial charge in [-0.05, 0) is 110 Å². The van der Waals surface area contributed by atoms with Crippen molar-refractivity contribution in [3.63, 3.8) is 0 Å². The first-order valence-electron chi connectivity index (χ1n) is 13.0. The molecule has 162 valence electrons. The zero-order chi connectivity index (χ0) is 20.1.